The van der Waals surface area contributed by atoms with Crippen LogP contribution in [0.5, 0.6) is 0 Å². The Hall–Kier alpha value is -3.43. The molecule has 0 bridgehead atoms. The number of hydrogen-bond donors (Lipinski definition) is 2. The topological polar surface area (TPSA) is 118 Å². The lowest BCUT2D eigenvalue weighted by atomic mass is 9.80. The molecule has 3 aliphatic rings. The largest absolute Gasteiger partial charge is 0.478 e. The van der Waals surface area contributed by atoms with E-state index < -0.39 is 11.9 Å². The number of carbonyl (C=O) groups is 3. The van der Waals surface area contributed by atoms with E-state index in [-0.39, 0.29) is 11.9 Å². The molecule has 40 heavy (non-hydrogen) atoms. The molecule has 1 aromatic heterocycles. The van der Waals surface area contributed by atoms with Gasteiger partial charge in [0.05, 0.1) is 18.6 Å². The lowest BCUT2D eigenvalue weighted by Crippen LogP contribution is -2.44. The molecule has 1 fully saturated rings. The van der Waals surface area contributed by atoms with Crippen LogP contribution < -0.4 is 0 Å². The Labute approximate surface area is 235 Å². The number of esters is 1. The summed E-state index contributed by atoms with van der Waals surface area (Å²) >= 11 is 0. The van der Waals surface area contributed by atoms with Crippen LogP contribution in [-0.2, 0) is 30.3 Å². The van der Waals surface area contributed by atoms with Crippen molar-refractivity contribution in [1.82, 2.24) is 9.47 Å². The van der Waals surface area contributed by atoms with E-state index in [4.69, 9.17) is 19.7 Å². The highest BCUT2D eigenvalue weighted by atomic mass is 16.5. The van der Waals surface area contributed by atoms with Crippen LogP contribution in [0.15, 0.2) is 42.6 Å². The van der Waals surface area contributed by atoms with Crippen molar-refractivity contribution in [1.29, 1.82) is 0 Å². The molecule has 216 valence electrons. The molecule has 9 nitrogen and oxygen atoms in total. The van der Waals surface area contributed by atoms with Gasteiger partial charge in [-0.15, -0.1) is 0 Å². The molecule has 1 saturated heterocycles. The summed E-state index contributed by atoms with van der Waals surface area (Å²) in [4.78, 5) is 34.4. The number of aliphatic carboxylic acids is 2. The first-order chi connectivity index (χ1) is 19.2. The molecule has 0 spiro atoms. The van der Waals surface area contributed by atoms with Crippen molar-refractivity contribution in [2.24, 2.45) is 5.92 Å². The highest BCUT2D eigenvalue weighted by Gasteiger charge is 2.36. The van der Waals surface area contributed by atoms with Crippen molar-refractivity contribution < 1.29 is 34.1 Å². The zero-order valence-electron chi connectivity index (χ0n) is 23.5. The van der Waals surface area contributed by atoms with E-state index in [9.17, 15) is 14.4 Å². The van der Waals surface area contributed by atoms with Crippen molar-refractivity contribution in [2.75, 3.05) is 26.8 Å². The zero-order chi connectivity index (χ0) is 28.8. The second-order valence-electron chi connectivity index (χ2n) is 11.1. The third-order valence-corrected chi connectivity index (χ3v) is 7.83. The number of rotatable bonds is 8. The molecule has 0 amide bonds. The molecule has 1 aliphatic carbocycles. The summed E-state index contributed by atoms with van der Waals surface area (Å²) < 4.78 is 13.9. The van der Waals surface area contributed by atoms with E-state index in [0.29, 0.717) is 36.9 Å². The average Bonchev–Trinajstić information content (AvgIpc) is 3.31. The quantitative estimate of drug-likeness (QED) is 0.275. The Morgan fingerprint density at radius 2 is 1.90 bits per heavy atom. The number of aromatic nitrogens is 1. The van der Waals surface area contributed by atoms with E-state index in [1.54, 1.807) is 0 Å². The van der Waals surface area contributed by atoms with Crippen LogP contribution in [0.1, 0.15) is 63.1 Å². The van der Waals surface area contributed by atoms with Crippen molar-refractivity contribution >= 4 is 34.4 Å². The van der Waals surface area contributed by atoms with E-state index in [1.165, 1.54) is 40.4 Å². The number of likely N-dealkylation sites (N-methyl/N-ethyl adjacent to an activating group) is 1. The predicted molar refractivity (Wildman–Crippen MR) is 152 cm³/mol. The van der Waals surface area contributed by atoms with Gasteiger partial charge in [-0.2, -0.15) is 0 Å². The van der Waals surface area contributed by atoms with Gasteiger partial charge in [0.1, 0.15) is 0 Å². The number of nitrogens with zero attached hydrogens (tertiary/aromatic N) is 2. The van der Waals surface area contributed by atoms with Gasteiger partial charge in [-0.3, -0.25) is 9.69 Å². The fraction of sp³-hybridized carbons (Fsp3) is 0.516. The third kappa shape index (κ3) is 7.01. The summed E-state index contributed by atoms with van der Waals surface area (Å²) in [6, 6.07) is 7.34. The van der Waals surface area contributed by atoms with Crippen molar-refractivity contribution in [3.05, 3.63) is 53.8 Å². The minimum atomic E-state index is -1.26. The molecular weight excluding hydrogens is 512 g/mol. The molecule has 2 N–H and O–H groups in total. The number of hydrogen-bond acceptors (Lipinski definition) is 6. The molecule has 5 rings (SSSR count). The maximum absolute atomic E-state index is 12.9. The Balaban J connectivity index is 0.000000406. The normalized spacial score (nSPS) is 22.4. The lowest BCUT2D eigenvalue weighted by Gasteiger charge is -2.39. The molecule has 3 heterocycles. The minimum absolute atomic E-state index is 0.0925. The van der Waals surface area contributed by atoms with Gasteiger partial charge in [0.25, 0.3) is 0 Å². The van der Waals surface area contributed by atoms with E-state index in [1.807, 2.05) is 0 Å². The van der Waals surface area contributed by atoms with Crippen molar-refractivity contribution in [3.8, 4) is 0 Å². The molecule has 2 aliphatic heterocycles. The molecule has 0 saturated carbocycles. The van der Waals surface area contributed by atoms with E-state index >= 15 is 0 Å². The van der Waals surface area contributed by atoms with Gasteiger partial charge in [0.15, 0.2) is 0 Å². The molecule has 9 heteroatoms. The maximum atomic E-state index is 12.9. The average molecular weight is 553 g/mol. The summed E-state index contributed by atoms with van der Waals surface area (Å²) in [5.74, 6) is -2.81. The van der Waals surface area contributed by atoms with Gasteiger partial charge < -0.3 is 24.3 Å². The molecule has 2 aromatic rings. The highest BCUT2D eigenvalue weighted by molar-refractivity contribution is 5.99. The number of carbonyl (C=O) groups excluding carboxylic acids is 1. The van der Waals surface area contributed by atoms with Gasteiger partial charge in [0.2, 0.25) is 0 Å². The lowest BCUT2D eigenvalue weighted by molar-refractivity contribution is -0.148. The monoisotopic (exact) mass is 552 g/mol. The van der Waals surface area contributed by atoms with Crippen LogP contribution in [-0.4, -0.2) is 76.5 Å². The summed E-state index contributed by atoms with van der Waals surface area (Å²) in [5.41, 5.74) is 5.29. The number of ether oxygens (including phenoxy) is 2. The predicted octanol–water partition coefficient (Wildman–Crippen LogP) is 4.70. The number of carboxylic acids is 2. The fourth-order valence-corrected chi connectivity index (χ4v) is 5.93. The standard InChI is InChI=1S/C27H36N2O3.C4H4O4/c1-18(2)29-17-19-15-25-23(22-10-6-11-24(29)26(19)22)14-20(16-28(25)3)27(30)32-13-7-9-21-8-4-5-12-31-21;5-3(6)1-2-4(7)8/h6,10-11,14,17-18,20-21,25H,4-5,7-9,12-13,15-16H2,1-3H3;1-2H,(H,5,6)(H,7,8)/b;2-1-/t20-,21?,25-;/m1./s1. The maximum Gasteiger partial charge on any atom is 0.328 e. The molecule has 0 radical (unpaired) electrons. The Kier molecular flexibility index (Phi) is 9.81. The first kappa shape index (κ1) is 29.6. The van der Waals surface area contributed by atoms with Crippen LogP contribution in [0.4, 0.5) is 0 Å². The SMILES string of the molecule is CC(C)n1cc2c3c(cccc31)C1=C[C@@H](C(=O)OCCCC3CCCCO3)CN(C)[C@@H]1C2.O=C(O)/C=C\C(=O)O. The molecule has 1 aromatic carbocycles. The Bertz CT molecular complexity index is 1270. The first-order valence-electron chi connectivity index (χ1n) is 14.1. The van der Waals surface area contributed by atoms with Crippen LogP contribution in [0.25, 0.3) is 16.5 Å². The van der Waals surface area contributed by atoms with Crippen molar-refractivity contribution in [3.63, 3.8) is 0 Å². The smallest absolute Gasteiger partial charge is 0.328 e. The first-order valence-corrected chi connectivity index (χ1v) is 14.1. The van der Waals surface area contributed by atoms with Gasteiger partial charge in [-0.1, -0.05) is 18.2 Å². The third-order valence-electron chi connectivity index (χ3n) is 7.83. The second kappa shape index (κ2) is 13.3. The van der Waals surface area contributed by atoms with E-state index in [0.717, 1.165) is 38.8 Å². The van der Waals surface area contributed by atoms with Gasteiger partial charge in [0, 0.05) is 54.5 Å². The number of fused-ring (bicyclic) bond motifs is 2. The summed E-state index contributed by atoms with van der Waals surface area (Å²) in [6.07, 6.45) is 12.4. The molecule has 3 atom stereocenters. The zero-order valence-corrected chi connectivity index (χ0v) is 23.5. The fourth-order valence-electron chi connectivity index (χ4n) is 5.93. The second-order valence-corrected chi connectivity index (χ2v) is 11.1. The van der Waals surface area contributed by atoms with Gasteiger partial charge in [-0.25, -0.2) is 9.59 Å². The van der Waals surface area contributed by atoms with Crippen LogP contribution in [0.3, 0.4) is 0 Å². The van der Waals surface area contributed by atoms with Crippen LogP contribution in [0, 0.1) is 5.92 Å². The summed E-state index contributed by atoms with van der Waals surface area (Å²) in [6.45, 7) is 6.55. The van der Waals surface area contributed by atoms with Crippen molar-refractivity contribution in [2.45, 2.75) is 70.6 Å². The Morgan fingerprint density at radius 1 is 1.15 bits per heavy atom. The van der Waals surface area contributed by atoms with Crippen LogP contribution in [0.2, 0.25) is 0 Å². The Morgan fingerprint density at radius 3 is 2.55 bits per heavy atom. The van der Waals surface area contributed by atoms with E-state index in [2.05, 4.69) is 60.8 Å². The molecular formula is C31H40N2O7. The highest BCUT2D eigenvalue weighted by Crippen LogP contribution is 2.42. The van der Waals surface area contributed by atoms with Crippen LogP contribution >= 0.6 is 0 Å². The summed E-state index contributed by atoms with van der Waals surface area (Å²) in [5, 5.41) is 17.0. The van der Waals surface area contributed by atoms with Gasteiger partial charge >= 0.3 is 17.9 Å². The number of benzene rings is 1. The molecule has 1 unspecified atom stereocenters. The minimum Gasteiger partial charge on any atom is -0.478 e. The number of carboxylic acid groups (broad SMARTS) is 2. The van der Waals surface area contributed by atoms with Gasteiger partial charge in [-0.05, 0) is 82.2 Å². The summed E-state index contributed by atoms with van der Waals surface area (Å²) in [7, 11) is 2.14.